The van der Waals surface area contributed by atoms with Gasteiger partial charge in [0.05, 0.1) is 5.92 Å². The summed E-state index contributed by atoms with van der Waals surface area (Å²) < 4.78 is 37.3. The molecule has 0 aliphatic heterocycles. The third-order valence-electron chi connectivity index (χ3n) is 3.48. The first-order valence-corrected chi connectivity index (χ1v) is 5.19. The minimum atomic E-state index is -4.62. The van der Waals surface area contributed by atoms with Crippen LogP contribution >= 0.6 is 0 Å². The van der Waals surface area contributed by atoms with E-state index < -0.39 is 36.5 Å². The van der Waals surface area contributed by atoms with Gasteiger partial charge in [0.15, 0.2) is 5.60 Å². The maximum Gasteiger partial charge on any atom is 0.417 e. The lowest BCUT2D eigenvalue weighted by molar-refractivity contribution is -0.272. The van der Waals surface area contributed by atoms with Crippen LogP contribution in [-0.2, 0) is 4.79 Å². The minimum absolute atomic E-state index is 0.101. The lowest BCUT2D eigenvalue weighted by atomic mass is 9.74. The van der Waals surface area contributed by atoms with Gasteiger partial charge in [-0.05, 0) is 31.6 Å². The van der Waals surface area contributed by atoms with Crippen molar-refractivity contribution < 1.29 is 28.2 Å². The van der Waals surface area contributed by atoms with E-state index in [9.17, 15) is 23.1 Å². The summed E-state index contributed by atoms with van der Waals surface area (Å²) in [4.78, 5) is 10.7. The van der Waals surface area contributed by atoms with E-state index in [0.29, 0.717) is 0 Å². The Hall–Kier alpha value is -0.780. The predicted molar refractivity (Wildman–Crippen MR) is 49.8 cm³/mol. The van der Waals surface area contributed by atoms with E-state index in [1.165, 1.54) is 6.92 Å². The molecule has 0 spiro atoms. The maximum absolute atomic E-state index is 12.4. The maximum atomic E-state index is 12.4. The molecule has 0 aromatic rings. The van der Waals surface area contributed by atoms with Crippen LogP contribution in [0.3, 0.4) is 0 Å². The standard InChI is InChI=1S/C10H15F3O3/c1-6(8(14)15)7-2-4-9(16,5-3-7)10(11,12)13/h6-7,16H,2-5H2,1H3,(H,14,15). The van der Waals surface area contributed by atoms with Crippen molar-refractivity contribution in [3.8, 4) is 0 Å². The fraction of sp³-hybridized carbons (Fsp3) is 0.900. The van der Waals surface area contributed by atoms with Gasteiger partial charge in [-0.3, -0.25) is 4.79 Å². The Labute approximate surface area is 91.3 Å². The number of rotatable bonds is 2. The first-order valence-electron chi connectivity index (χ1n) is 5.19. The highest BCUT2D eigenvalue weighted by Crippen LogP contribution is 2.44. The monoisotopic (exact) mass is 240 g/mol. The van der Waals surface area contributed by atoms with Crippen molar-refractivity contribution in [3.05, 3.63) is 0 Å². The summed E-state index contributed by atoms with van der Waals surface area (Å²) in [6.07, 6.45) is -5.23. The molecule has 0 heterocycles. The third-order valence-corrected chi connectivity index (χ3v) is 3.48. The zero-order valence-electron chi connectivity index (χ0n) is 8.92. The van der Waals surface area contributed by atoms with E-state index in [-0.39, 0.29) is 18.8 Å². The number of halogens is 3. The van der Waals surface area contributed by atoms with Gasteiger partial charge in [-0.2, -0.15) is 13.2 Å². The van der Waals surface area contributed by atoms with Crippen LogP contribution in [0.4, 0.5) is 13.2 Å². The predicted octanol–water partition coefficient (Wildman–Crippen LogP) is 2.19. The Kier molecular flexibility index (Phi) is 3.52. The highest BCUT2D eigenvalue weighted by molar-refractivity contribution is 5.69. The summed E-state index contributed by atoms with van der Waals surface area (Å²) in [6, 6.07) is 0. The zero-order valence-corrected chi connectivity index (χ0v) is 8.92. The molecule has 1 aliphatic carbocycles. The average molecular weight is 240 g/mol. The fourth-order valence-corrected chi connectivity index (χ4v) is 2.10. The van der Waals surface area contributed by atoms with Gasteiger partial charge >= 0.3 is 12.1 Å². The zero-order chi connectivity index (χ0) is 12.6. The van der Waals surface area contributed by atoms with Gasteiger partial charge in [-0.25, -0.2) is 0 Å². The van der Waals surface area contributed by atoms with Crippen molar-refractivity contribution in [2.45, 2.75) is 44.4 Å². The van der Waals surface area contributed by atoms with Crippen LogP contribution in [0.15, 0.2) is 0 Å². The van der Waals surface area contributed by atoms with E-state index in [0.717, 1.165) is 0 Å². The van der Waals surface area contributed by atoms with Gasteiger partial charge in [0.2, 0.25) is 0 Å². The van der Waals surface area contributed by atoms with Crippen molar-refractivity contribution >= 4 is 5.97 Å². The number of carboxylic acid groups (broad SMARTS) is 1. The summed E-state index contributed by atoms with van der Waals surface area (Å²) in [5, 5.41) is 18.1. The van der Waals surface area contributed by atoms with Crippen molar-refractivity contribution in [2.75, 3.05) is 0 Å². The second-order valence-electron chi connectivity index (χ2n) is 4.49. The van der Waals surface area contributed by atoms with Crippen LogP contribution in [0.25, 0.3) is 0 Å². The van der Waals surface area contributed by atoms with Crippen LogP contribution in [0.5, 0.6) is 0 Å². The summed E-state index contributed by atoms with van der Waals surface area (Å²) in [6.45, 7) is 1.49. The number of hydrogen-bond donors (Lipinski definition) is 2. The molecule has 2 N–H and O–H groups in total. The largest absolute Gasteiger partial charge is 0.481 e. The quantitative estimate of drug-likeness (QED) is 0.777. The molecular formula is C10H15F3O3. The average Bonchev–Trinajstić information content (AvgIpc) is 2.16. The van der Waals surface area contributed by atoms with E-state index in [1.807, 2.05) is 0 Å². The van der Waals surface area contributed by atoms with Crippen LogP contribution in [0.1, 0.15) is 32.6 Å². The highest BCUT2D eigenvalue weighted by atomic mass is 19.4. The molecule has 6 heteroatoms. The summed E-state index contributed by atoms with van der Waals surface area (Å²) in [5.74, 6) is -1.93. The molecule has 16 heavy (non-hydrogen) atoms. The second-order valence-corrected chi connectivity index (χ2v) is 4.49. The molecular weight excluding hydrogens is 225 g/mol. The summed E-state index contributed by atoms with van der Waals surface area (Å²) >= 11 is 0. The Morgan fingerprint density at radius 3 is 2.12 bits per heavy atom. The van der Waals surface area contributed by atoms with Crippen LogP contribution in [-0.4, -0.2) is 28.0 Å². The summed E-state index contributed by atoms with van der Waals surface area (Å²) in [5.41, 5.74) is -2.62. The molecule has 1 saturated carbocycles. The molecule has 0 saturated heterocycles. The minimum Gasteiger partial charge on any atom is -0.481 e. The van der Waals surface area contributed by atoms with Gasteiger partial charge < -0.3 is 10.2 Å². The fourth-order valence-electron chi connectivity index (χ4n) is 2.10. The Balaban J connectivity index is 2.61. The SMILES string of the molecule is CC(C(=O)O)C1CCC(O)(C(F)(F)F)CC1. The highest BCUT2D eigenvalue weighted by Gasteiger charge is 2.55. The topological polar surface area (TPSA) is 57.5 Å². The van der Waals surface area contributed by atoms with Crippen molar-refractivity contribution in [3.63, 3.8) is 0 Å². The molecule has 94 valence electrons. The van der Waals surface area contributed by atoms with Gasteiger partial charge in [-0.15, -0.1) is 0 Å². The summed E-state index contributed by atoms with van der Waals surface area (Å²) in [7, 11) is 0. The lowest BCUT2D eigenvalue weighted by Crippen LogP contribution is -2.48. The molecule has 0 radical (unpaired) electrons. The molecule has 1 atom stereocenters. The van der Waals surface area contributed by atoms with Crippen molar-refractivity contribution in [1.82, 2.24) is 0 Å². The number of aliphatic carboxylic acids is 1. The number of aliphatic hydroxyl groups is 1. The molecule has 0 amide bonds. The Morgan fingerprint density at radius 1 is 1.38 bits per heavy atom. The molecule has 3 nitrogen and oxygen atoms in total. The second kappa shape index (κ2) is 4.24. The van der Waals surface area contributed by atoms with E-state index in [4.69, 9.17) is 5.11 Å². The number of alkyl halides is 3. The van der Waals surface area contributed by atoms with E-state index in [1.54, 1.807) is 0 Å². The van der Waals surface area contributed by atoms with Crippen LogP contribution < -0.4 is 0 Å². The Bertz CT molecular complexity index is 267. The molecule has 1 fully saturated rings. The van der Waals surface area contributed by atoms with Gasteiger partial charge in [0, 0.05) is 0 Å². The van der Waals surface area contributed by atoms with Crippen LogP contribution in [0, 0.1) is 11.8 Å². The molecule has 0 bridgehead atoms. The number of carboxylic acids is 1. The molecule has 1 rings (SSSR count). The normalized spacial score (nSPS) is 33.4. The first kappa shape index (κ1) is 13.3. The number of hydrogen-bond acceptors (Lipinski definition) is 2. The van der Waals surface area contributed by atoms with Crippen LogP contribution in [0.2, 0.25) is 0 Å². The first-order chi connectivity index (χ1) is 7.17. The third kappa shape index (κ3) is 2.48. The van der Waals surface area contributed by atoms with Gasteiger partial charge in [0.1, 0.15) is 0 Å². The van der Waals surface area contributed by atoms with E-state index >= 15 is 0 Å². The molecule has 1 aliphatic rings. The molecule has 0 aromatic carbocycles. The molecule has 1 unspecified atom stereocenters. The van der Waals surface area contributed by atoms with Crippen molar-refractivity contribution in [2.24, 2.45) is 11.8 Å². The van der Waals surface area contributed by atoms with Crippen molar-refractivity contribution in [1.29, 1.82) is 0 Å². The van der Waals surface area contributed by atoms with E-state index in [2.05, 4.69) is 0 Å². The smallest absolute Gasteiger partial charge is 0.417 e. The molecule has 0 aromatic heterocycles. The lowest BCUT2D eigenvalue weighted by Gasteiger charge is -2.38. The number of carbonyl (C=O) groups is 1. The Morgan fingerprint density at radius 2 is 1.81 bits per heavy atom. The van der Waals surface area contributed by atoms with Gasteiger partial charge in [0.25, 0.3) is 0 Å². The van der Waals surface area contributed by atoms with Gasteiger partial charge in [-0.1, -0.05) is 6.92 Å².